The van der Waals surface area contributed by atoms with Gasteiger partial charge in [0.25, 0.3) is 11.7 Å². The molecule has 1 aromatic heterocycles. The number of Topliss-reactive ketones (excluding diaryl/α,β-unsaturated/α-hetero) is 2. The zero-order valence-corrected chi connectivity index (χ0v) is 15.6. The summed E-state index contributed by atoms with van der Waals surface area (Å²) in [5, 5.41) is 2.61. The molecular weight excluding hydrogens is 335 g/mol. The highest BCUT2D eigenvalue weighted by molar-refractivity contribution is 6.43. The molecule has 0 aliphatic carbocycles. The van der Waals surface area contributed by atoms with Crippen LogP contribution in [0.1, 0.15) is 52.7 Å². The van der Waals surface area contributed by atoms with Crippen molar-refractivity contribution in [3.05, 3.63) is 58.7 Å². The van der Waals surface area contributed by atoms with Crippen LogP contribution in [-0.4, -0.2) is 27.6 Å². The number of carbonyl (C=O) groups excluding carboxylic acids is 3. The van der Waals surface area contributed by atoms with E-state index in [1.807, 2.05) is 0 Å². The van der Waals surface area contributed by atoms with Crippen LogP contribution in [0.15, 0.2) is 30.5 Å². The van der Waals surface area contributed by atoms with Gasteiger partial charge in [-0.15, -0.1) is 0 Å². The van der Waals surface area contributed by atoms with Gasteiger partial charge in [0, 0.05) is 30.8 Å². The van der Waals surface area contributed by atoms with E-state index in [4.69, 9.17) is 0 Å². The molecule has 0 bridgehead atoms. The maximum Gasteiger partial charge on any atom is 0.292 e. The van der Waals surface area contributed by atoms with Gasteiger partial charge in [-0.05, 0) is 51.0 Å². The Bertz CT molecular complexity index is 876. The van der Waals surface area contributed by atoms with Crippen molar-refractivity contribution >= 4 is 17.5 Å². The number of aromatic nitrogens is 1. The topological polar surface area (TPSA) is 68.2 Å². The molecule has 0 spiro atoms. The number of benzene rings is 1. The number of carbonyl (C=O) groups is 3. The van der Waals surface area contributed by atoms with Crippen molar-refractivity contribution in [1.82, 2.24) is 9.88 Å². The zero-order chi connectivity index (χ0) is 19.6. The predicted octanol–water partition coefficient (Wildman–Crippen LogP) is 3.00. The molecule has 138 valence electrons. The van der Waals surface area contributed by atoms with Crippen molar-refractivity contribution < 1.29 is 18.8 Å². The third kappa shape index (κ3) is 4.65. The lowest BCUT2D eigenvalue weighted by Crippen LogP contribution is -2.44. The van der Waals surface area contributed by atoms with Gasteiger partial charge in [0.1, 0.15) is 5.82 Å². The van der Waals surface area contributed by atoms with E-state index < -0.39 is 17.2 Å². The molecule has 0 atom stereocenters. The van der Waals surface area contributed by atoms with Crippen molar-refractivity contribution in [3.8, 4) is 0 Å². The van der Waals surface area contributed by atoms with Gasteiger partial charge in [0.2, 0.25) is 0 Å². The first kappa shape index (κ1) is 19.6. The molecule has 0 aliphatic heterocycles. The first-order valence-electron chi connectivity index (χ1n) is 8.29. The van der Waals surface area contributed by atoms with Crippen molar-refractivity contribution in [1.29, 1.82) is 0 Å². The van der Waals surface area contributed by atoms with E-state index in [1.165, 1.54) is 22.9 Å². The zero-order valence-electron chi connectivity index (χ0n) is 15.6. The van der Waals surface area contributed by atoms with E-state index in [1.54, 1.807) is 46.9 Å². The molecule has 2 rings (SSSR count). The van der Waals surface area contributed by atoms with E-state index >= 15 is 0 Å². The minimum Gasteiger partial charge on any atom is -0.347 e. The molecule has 0 radical (unpaired) electrons. The number of ketones is 2. The third-order valence-electron chi connectivity index (χ3n) is 3.83. The van der Waals surface area contributed by atoms with Gasteiger partial charge < -0.3 is 9.88 Å². The van der Waals surface area contributed by atoms with Crippen molar-refractivity contribution in [2.75, 3.05) is 0 Å². The Morgan fingerprint density at radius 3 is 2.38 bits per heavy atom. The molecule has 1 aromatic carbocycles. The molecule has 5 nitrogen and oxygen atoms in total. The van der Waals surface area contributed by atoms with Crippen LogP contribution in [0.25, 0.3) is 0 Å². The van der Waals surface area contributed by atoms with Gasteiger partial charge in [-0.25, -0.2) is 4.39 Å². The molecule has 0 saturated heterocycles. The fraction of sp³-hybridized carbons (Fsp3) is 0.350. The van der Waals surface area contributed by atoms with E-state index in [-0.39, 0.29) is 23.6 Å². The van der Waals surface area contributed by atoms with Crippen LogP contribution < -0.4 is 5.32 Å². The standard InChI is InChI=1S/C20H23FN2O3/c1-12-8-13(6-7-15(12)21)9-17(24)16-10-14(11-23(16)5)18(25)19(26)22-20(2,3)4/h6-8,10-11H,9H2,1-5H3,(H,22,26). The number of hydrogen-bond donors (Lipinski definition) is 1. The number of halogens is 1. The van der Waals surface area contributed by atoms with Gasteiger partial charge in [-0.3, -0.25) is 14.4 Å². The van der Waals surface area contributed by atoms with Crippen LogP contribution in [-0.2, 0) is 18.3 Å². The van der Waals surface area contributed by atoms with Crippen LogP contribution in [0.2, 0.25) is 0 Å². The van der Waals surface area contributed by atoms with Crippen LogP contribution in [0.3, 0.4) is 0 Å². The van der Waals surface area contributed by atoms with E-state index in [9.17, 15) is 18.8 Å². The predicted molar refractivity (Wildman–Crippen MR) is 96.8 cm³/mol. The number of hydrogen-bond acceptors (Lipinski definition) is 3. The maximum atomic E-state index is 13.3. The quantitative estimate of drug-likeness (QED) is 0.660. The monoisotopic (exact) mass is 358 g/mol. The summed E-state index contributed by atoms with van der Waals surface area (Å²) < 4.78 is 14.9. The van der Waals surface area contributed by atoms with Gasteiger partial charge in [0.15, 0.2) is 5.78 Å². The number of nitrogens with zero attached hydrogens (tertiary/aromatic N) is 1. The van der Waals surface area contributed by atoms with Crippen molar-refractivity contribution in [2.45, 2.75) is 39.7 Å². The minimum absolute atomic E-state index is 0.0841. The Labute approximate surface area is 152 Å². The highest BCUT2D eigenvalue weighted by Crippen LogP contribution is 2.15. The lowest BCUT2D eigenvalue weighted by molar-refractivity contribution is -0.118. The maximum absolute atomic E-state index is 13.3. The number of amides is 1. The summed E-state index contributed by atoms with van der Waals surface area (Å²) in [4.78, 5) is 36.8. The molecule has 0 saturated carbocycles. The van der Waals surface area contributed by atoms with Gasteiger partial charge >= 0.3 is 0 Å². The molecule has 0 fully saturated rings. The Morgan fingerprint density at radius 2 is 1.81 bits per heavy atom. The van der Waals surface area contributed by atoms with Crippen LogP contribution in [0.5, 0.6) is 0 Å². The summed E-state index contributed by atoms with van der Waals surface area (Å²) in [5.41, 5.74) is 1.11. The highest BCUT2D eigenvalue weighted by Gasteiger charge is 2.24. The average Bonchev–Trinajstić information content (AvgIpc) is 2.90. The summed E-state index contributed by atoms with van der Waals surface area (Å²) in [6.45, 7) is 6.98. The van der Waals surface area contributed by atoms with Crippen molar-refractivity contribution in [3.63, 3.8) is 0 Å². The molecule has 26 heavy (non-hydrogen) atoms. The largest absolute Gasteiger partial charge is 0.347 e. The lowest BCUT2D eigenvalue weighted by atomic mass is 10.0. The average molecular weight is 358 g/mol. The number of nitrogens with one attached hydrogen (secondary N) is 1. The summed E-state index contributed by atoms with van der Waals surface area (Å²) in [5.74, 6) is -1.94. The second-order valence-corrected chi connectivity index (χ2v) is 7.44. The van der Waals surface area contributed by atoms with Gasteiger partial charge in [0.05, 0.1) is 5.69 Å². The first-order valence-corrected chi connectivity index (χ1v) is 8.29. The number of aryl methyl sites for hydroxylation is 2. The normalized spacial score (nSPS) is 11.3. The molecule has 1 N–H and O–H groups in total. The third-order valence-corrected chi connectivity index (χ3v) is 3.83. The molecule has 1 heterocycles. The summed E-state index contributed by atoms with van der Waals surface area (Å²) in [6, 6.07) is 5.93. The van der Waals surface area contributed by atoms with Crippen LogP contribution in [0, 0.1) is 12.7 Å². The minimum atomic E-state index is -0.712. The Kier molecular flexibility index (Phi) is 5.44. The van der Waals surface area contributed by atoms with Gasteiger partial charge in [-0.1, -0.05) is 12.1 Å². The Morgan fingerprint density at radius 1 is 1.15 bits per heavy atom. The molecule has 0 unspecified atom stereocenters. The lowest BCUT2D eigenvalue weighted by Gasteiger charge is -2.19. The fourth-order valence-corrected chi connectivity index (χ4v) is 2.59. The first-order chi connectivity index (χ1) is 12.0. The molecular formula is C20H23FN2O3. The fourth-order valence-electron chi connectivity index (χ4n) is 2.59. The van der Waals surface area contributed by atoms with Crippen LogP contribution in [0.4, 0.5) is 4.39 Å². The molecule has 6 heteroatoms. The van der Waals surface area contributed by atoms with E-state index in [2.05, 4.69) is 5.32 Å². The summed E-state index contributed by atoms with van der Waals surface area (Å²) in [7, 11) is 1.64. The molecule has 1 amide bonds. The SMILES string of the molecule is Cc1cc(CC(=O)c2cc(C(=O)C(=O)NC(C)(C)C)cn2C)ccc1F. The van der Waals surface area contributed by atoms with E-state index in [0.29, 0.717) is 16.8 Å². The highest BCUT2D eigenvalue weighted by atomic mass is 19.1. The van der Waals surface area contributed by atoms with Gasteiger partial charge in [-0.2, -0.15) is 0 Å². The van der Waals surface area contributed by atoms with E-state index in [0.717, 1.165) is 0 Å². The van der Waals surface area contributed by atoms with Crippen molar-refractivity contribution in [2.24, 2.45) is 7.05 Å². The Balaban J connectivity index is 2.18. The Hall–Kier alpha value is -2.76. The molecule has 0 aliphatic rings. The number of rotatable bonds is 5. The summed E-state index contributed by atoms with van der Waals surface area (Å²) in [6.07, 6.45) is 1.55. The smallest absolute Gasteiger partial charge is 0.292 e. The second kappa shape index (κ2) is 7.23. The van der Waals surface area contributed by atoms with Crippen LogP contribution >= 0.6 is 0 Å². The molecule has 2 aromatic rings. The summed E-state index contributed by atoms with van der Waals surface area (Å²) >= 11 is 0. The second-order valence-electron chi connectivity index (χ2n) is 7.44.